The zero-order valence-electron chi connectivity index (χ0n) is 16.9. The van der Waals surface area contributed by atoms with E-state index in [2.05, 4.69) is 5.32 Å². The van der Waals surface area contributed by atoms with Gasteiger partial charge < -0.3 is 5.32 Å². The van der Waals surface area contributed by atoms with Gasteiger partial charge in [0, 0.05) is 6.54 Å². The van der Waals surface area contributed by atoms with Crippen molar-refractivity contribution in [3.05, 3.63) is 68.4 Å². The van der Waals surface area contributed by atoms with E-state index in [1.807, 2.05) is 6.92 Å². The number of nitrogens with one attached hydrogen (secondary N) is 1. The maximum atomic E-state index is 13.3. The second kappa shape index (κ2) is 8.51. The van der Waals surface area contributed by atoms with Crippen LogP contribution >= 0.6 is 23.6 Å². The Bertz CT molecular complexity index is 1450. The van der Waals surface area contributed by atoms with Gasteiger partial charge in [-0.2, -0.15) is 13.2 Å². The highest BCUT2D eigenvalue weighted by molar-refractivity contribution is 7.73. The van der Waals surface area contributed by atoms with Gasteiger partial charge in [0.25, 0.3) is 5.56 Å². The molecule has 5 nitrogen and oxygen atoms in total. The molecule has 0 spiro atoms. The Morgan fingerprint density at radius 2 is 1.91 bits per heavy atom. The van der Waals surface area contributed by atoms with Crippen LogP contribution in [-0.2, 0) is 17.5 Å². The number of carbonyl (C=O) groups excluding carboxylic acids is 1. The summed E-state index contributed by atoms with van der Waals surface area (Å²) in [6.07, 6.45) is -3.79. The van der Waals surface area contributed by atoms with Crippen molar-refractivity contribution in [3.8, 4) is 10.4 Å². The number of aromatic nitrogens is 2. The molecule has 0 bridgehead atoms. The van der Waals surface area contributed by atoms with E-state index in [0.29, 0.717) is 31.9 Å². The number of fused-ring (bicyclic) bond motifs is 3. The lowest BCUT2D eigenvalue weighted by Gasteiger charge is -2.14. The molecular weight excluding hydrogens is 459 g/mol. The number of hydrogen-bond donors (Lipinski definition) is 1. The number of nitrogens with zero attached hydrogens (tertiary/aromatic N) is 2. The standard InChI is InChI=1S/C22H18F3N3O2S2/c1-2-10-26-17(29)12-27-19-18(13-6-5-7-14(11-13)22(23,24)25)32-21(31)28(19)16-9-4-3-8-15(16)20(27)30/h3-9,11H,2,10,12H2,1H3,(H,26,29). The number of halogens is 3. The maximum Gasteiger partial charge on any atom is 0.416 e. The first-order valence-electron chi connectivity index (χ1n) is 9.83. The number of hydrogen-bond acceptors (Lipinski definition) is 4. The first-order valence-corrected chi connectivity index (χ1v) is 11.1. The van der Waals surface area contributed by atoms with Crippen molar-refractivity contribution in [1.82, 2.24) is 14.3 Å². The first-order chi connectivity index (χ1) is 15.2. The van der Waals surface area contributed by atoms with E-state index in [0.717, 1.165) is 29.9 Å². The smallest absolute Gasteiger partial charge is 0.355 e. The molecule has 2 aromatic carbocycles. The Morgan fingerprint density at radius 1 is 1.16 bits per heavy atom. The van der Waals surface area contributed by atoms with Gasteiger partial charge >= 0.3 is 6.18 Å². The van der Waals surface area contributed by atoms with Crippen LogP contribution in [0.3, 0.4) is 0 Å². The fourth-order valence-electron chi connectivity index (χ4n) is 3.55. The van der Waals surface area contributed by atoms with Gasteiger partial charge in [0.15, 0.2) is 3.95 Å². The molecule has 0 atom stereocenters. The summed E-state index contributed by atoms with van der Waals surface area (Å²) in [5.74, 6) is -0.363. The molecule has 0 aliphatic carbocycles. The number of amides is 1. The van der Waals surface area contributed by atoms with Crippen molar-refractivity contribution in [3.63, 3.8) is 0 Å². The molecule has 0 saturated heterocycles. The predicted molar refractivity (Wildman–Crippen MR) is 122 cm³/mol. The molecule has 1 N–H and O–H groups in total. The highest BCUT2D eigenvalue weighted by Gasteiger charge is 2.31. The molecule has 4 aromatic rings. The third-order valence-electron chi connectivity index (χ3n) is 4.99. The Kier molecular flexibility index (Phi) is 5.91. The van der Waals surface area contributed by atoms with E-state index >= 15 is 0 Å². The Hall–Kier alpha value is -2.98. The van der Waals surface area contributed by atoms with Crippen molar-refractivity contribution in [1.29, 1.82) is 0 Å². The maximum absolute atomic E-state index is 13.3. The number of benzene rings is 2. The molecule has 2 heterocycles. The molecule has 1 amide bonds. The number of rotatable bonds is 5. The van der Waals surface area contributed by atoms with Crippen LogP contribution in [0.2, 0.25) is 0 Å². The van der Waals surface area contributed by atoms with Gasteiger partial charge in [0.2, 0.25) is 5.91 Å². The molecule has 0 aliphatic heterocycles. The average molecular weight is 478 g/mol. The minimum Gasteiger partial charge on any atom is -0.355 e. The second-order valence-electron chi connectivity index (χ2n) is 7.19. The fraction of sp³-hybridized carbons (Fsp3) is 0.227. The third kappa shape index (κ3) is 3.95. The zero-order chi connectivity index (χ0) is 23.0. The molecule has 4 rings (SSSR count). The summed E-state index contributed by atoms with van der Waals surface area (Å²) in [5.41, 5.74) is -0.0983. The van der Waals surface area contributed by atoms with E-state index in [-0.39, 0.29) is 18.0 Å². The van der Waals surface area contributed by atoms with Gasteiger partial charge in [-0.1, -0.05) is 31.2 Å². The van der Waals surface area contributed by atoms with Crippen molar-refractivity contribution < 1.29 is 18.0 Å². The van der Waals surface area contributed by atoms with Crippen LogP contribution in [0.4, 0.5) is 13.2 Å². The van der Waals surface area contributed by atoms with E-state index in [1.165, 1.54) is 16.7 Å². The van der Waals surface area contributed by atoms with Crippen molar-refractivity contribution >= 4 is 46.0 Å². The monoisotopic (exact) mass is 477 g/mol. The first kappa shape index (κ1) is 22.2. The topological polar surface area (TPSA) is 55.5 Å². The minimum atomic E-state index is -4.51. The van der Waals surface area contributed by atoms with Gasteiger partial charge in [-0.15, -0.1) is 11.3 Å². The molecule has 166 valence electrons. The summed E-state index contributed by atoms with van der Waals surface area (Å²) >= 11 is 6.64. The van der Waals surface area contributed by atoms with Gasteiger partial charge in [0.05, 0.1) is 21.3 Å². The van der Waals surface area contributed by atoms with E-state index in [4.69, 9.17) is 12.2 Å². The number of alkyl halides is 3. The van der Waals surface area contributed by atoms with Gasteiger partial charge in [-0.05, 0) is 48.5 Å². The number of para-hydroxylation sites is 1. The van der Waals surface area contributed by atoms with E-state index in [9.17, 15) is 22.8 Å². The van der Waals surface area contributed by atoms with E-state index < -0.39 is 17.3 Å². The molecule has 0 aliphatic rings. The molecule has 0 fully saturated rings. The predicted octanol–water partition coefficient (Wildman–Crippen LogP) is 5.26. The Morgan fingerprint density at radius 3 is 2.62 bits per heavy atom. The number of thiazole rings is 1. The van der Waals surface area contributed by atoms with Crippen LogP contribution in [0, 0.1) is 3.95 Å². The quantitative estimate of drug-likeness (QED) is 0.399. The minimum absolute atomic E-state index is 0.273. The van der Waals surface area contributed by atoms with Crippen LogP contribution in [0.25, 0.3) is 27.0 Å². The lowest BCUT2D eigenvalue weighted by atomic mass is 10.1. The SMILES string of the molecule is CCCNC(=O)Cn1c(=O)c2ccccc2n2c(=S)sc(-c3cccc(C(F)(F)F)c3)c12. The van der Waals surface area contributed by atoms with Crippen molar-refractivity contribution in [2.75, 3.05) is 6.54 Å². The summed E-state index contributed by atoms with van der Waals surface area (Å²) in [7, 11) is 0. The lowest BCUT2D eigenvalue weighted by Crippen LogP contribution is -2.33. The largest absolute Gasteiger partial charge is 0.416 e. The van der Waals surface area contributed by atoms with Crippen LogP contribution in [0.5, 0.6) is 0 Å². The number of carbonyl (C=O) groups is 1. The molecule has 32 heavy (non-hydrogen) atoms. The zero-order valence-corrected chi connectivity index (χ0v) is 18.5. The highest BCUT2D eigenvalue weighted by atomic mass is 32.1. The van der Waals surface area contributed by atoms with Crippen molar-refractivity contribution in [2.24, 2.45) is 0 Å². The average Bonchev–Trinajstić information content (AvgIpc) is 3.12. The second-order valence-corrected chi connectivity index (χ2v) is 8.84. The van der Waals surface area contributed by atoms with E-state index in [1.54, 1.807) is 28.7 Å². The normalized spacial score (nSPS) is 11.9. The van der Waals surface area contributed by atoms with Gasteiger partial charge in [0.1, 0.15) is 12.2 Å². The lowest BCUT2D eigenvalue weighted by molar-refractivity contribution is -0.137. The molecular formula is C22H18F3N3O2S2. The van der Waals surface area contributed by atoms with Gasteiger partial charge in [-0.3, -0.25) is 18.6 Å². The molecule has 10 heteroatoms. The Balaban J connectivity index is 2.05. The molecule has 0 saturated carbocycles. The van der Waals surface area contributed by atoms with Crippen LogP contribution in [0.1, 0.15) is 18.9 Å². The molecule has 0 unspecified atom stereocenters. The van der Waals surface area contributed by atoms with Crippen molar-refractivity contribution in [2.45, 2.75) is 26.1 Å². The summed E-state index contributed by atoms with van der Waals surface area (Å²) < 4.78 is 43.2. The molecule has 0 radical (unpaired) electrons. The summed E-state index contributed by atoms with van der Waals surface area (Å²) in [5, 5.41) is 3.10. The summed E-state index contributed by atoms with van der Waals surface area (Å²) in [4.78, 5) is 26.2. The fourth-order valence-corrected chi connectivity index (χ4v) is 4.97. The summed E-state index contributed by atoms with van der Waals surface area (Å²) in [6.45, 7) is 2.09. The van der Waals surface area contributed by atoms with Crippen LogP contribution in [0.15, 0.2) is 53.3 Å². The van der Waals surface area contributed by atoms with Crippen LogP contribution < -0.4 is 10.9 Å². The third-order valence-corrected chi connectivity index (χ3v) is 6.40. The van der Waals surface area contributed by atoms with Gasteiger partial charge in [-0.25, -0.2) is 0 Å². The Labute approximate surface area is 189 Å². The summed E-state index contributed by atoms with van der Waals surface area (Å²) in [6, 6.07) is 11.7. The highest BCUT2D eigenvalue weighted by Crippen LogP contribution is 2.37. The molecule has 2 aromatic heterocycles. The van der Waals surface area contributed by atoms with Crippen LogP contribution in [-0.4, -0.2) is 21.4 Å².